The maximum absolute atomic E-state index is 12.3. The average molecular weight is 292 g/mol. The van der Waals surface area contributed by atoms with Crippen LogP contribution in [0.15, 0.2) is 30.3 Å². The minimum Gasteiger partial charge on any atom is -0.468 e. The van der Waals surface area contributed by atoms with Crippen LogP contribution in [0.3, 0.4) is 0 Å². The Hall–Kier alpha value is -1.88. The molecule has 21 heavy (non-hydrogen) atoms. The third kappa shape index (κ3) is 2.53. The second kappa shape index (κ2) is 6.26. The molecule has 1 aromatic rings. The van der Waals surface area contributed by atoms with E-state index >= 15 is 0 Å². The second-order valence-corrected chi connectivity index (χ2v) is 5.09. The first-order chi connectivity index (χ1) is 10.1. The van der Waals surface area contributed by atoms with Gasteiger partial charge in [-0.15, -0.1) is 0 Å². The molecule has 1 fully saturated rings. The molecule has 0 unspecified atom stereocenters. The molecule has 5 heteroatoms. The van der Waals surface area contributed by atoms with Crippen LogP contribution in [-0.4, -0.2) is 32.3 Å². The fourth-order valence-corrected chi connectivity index (χ4v) is 2.97. The van der Waals surface area contributed by atoms with Gasteiger partial charge in [-0.2, -0.15) is 0 Å². The van der Waals surface area contributed by atoms with Gasteiger partial charge in [-0.3, -0.25) is 9.59 Å². The lowest BCUT2D eigenvalue weighted by Crippen LogP contribution is -2.47. The summed E-state index contributed by atoms with van der Waals surface area (Å²) in [4.78, 5) is 24.6. The zero-order valence-electron chi connectivity index (χ0n) is 12.5. The third-order valence-corrected chi connectivity index (χ3v) is 4.03. The van der Waals surface area contributed by atoms with Crippen molar-refractivity contribution in [1.82, 2.24) is 0 Å². The van der Waals surface area contributed by atoms with Crippen LogP contribution < -0.4 is 0 Å². The zero-order chi connectivity index (χ0) is 15.5. The number of benzene rings is 1. The van der Waals surface area contributed by atoms with Gasteiger partial charge in [0, 0.05) is 6.42 Å². The summed E-state index contributed by atoms with van der Waals surface area (Å²) in [7, 11) is 2.55. The van der Waals surface area contributed by atoms with Gasteiger partial charge in [-0.1, -0.05) is 37.3 Å². The Morgan fingerprint density at radius 3 is 2.24 bits per heavy atom. The van der Waals surface area contributed by atoms with Gasteiger partial charge < -0.3 is 14.2 Å². The highest BCUT2D eigenvalue weighted by atomic mass is 16.6. The van der Waals surface area contributed by atoms with Crippen molar-refractivity contribution < 1.29 is 23.8 Å². The van der Waals surface area contributed by atoms with Crippen molar-refractivity contribution in [3.05, 3.63) is 35.9 Å². The Labute approximate surface area is 124 Å². The van der Waals surface area contributed by atoms with Gasteiger partial charge in [-0.05, 0) is 12.0 Å². The van der Waals surface area contributed by atoms with E-state index in [2.05, 4.69) is 0 Å². The number of hydrogen-bond acceptors (Lipinski definition) is 5. The number of carbonyl (C=O) groups excluding carboxylic acids is 2. The summed E-state index contributed by atoms with van der Waals surface area (Å²) in [6, 6.07) is 9.54. The van der Waals surface area contributed by atoms with Crippen LogP contribution in [0, 0.1) is 5.41 Å². The Morgan fingerprint density at radius 1 is 1.19 bits per heavy atom. The first-order valence-corrected chi connectivity index (χ1v) is 6.97. The fourth-order valence-electron chi connectivity index (χ4n) is 2.97. The van der Waals surface area contributed by atoms with Crippen molar-refractivity contribution in [3.8, 4) is 0 Å². The van der Waals surface area contributed by atoms with E-state index < -0.39 is 23.5 Å². The van der Waals surface area contributed by atoms with Gasteiger partial charge in [0.25, 0.3) is 0 Å². The van der Waals surface area contributed by atoms with Crippen molar-refractivity contribution >= 4 is 11.9 Å². The summed E-state index contributed by atoms with van der Waals surface area (Å²) in [6.07, 6.45) is -0.125. The van der Waals surface area contributed by atoms with Crippen molar-refractivity contribution in [2.75, 3.05) is 14.2 Å². The van der Waals surface area contributed by atoms with Crippen molar-refractivity contribution in [2.24, 2.45) is 5.41 Å². The standard InChI is InChI=1S/C16H20O5/c1-4-13-16(14(17)19-2,15(18)20-3)10-12(21-13)11-8-6-5-7-9-11/h5-9,12-13H,4,10H2,1-3H3/t12-,13-/m1/s1. The monoisotopic (exact) mass is 292 g/mol. The smallest absolute Gasteiger partial charge is 0.326 e. The van der Waals surface area contributed by atoms with Crippen LogP contribution in [0.25, 0.3) is 0 Å². The highest BCUT2D eigenvalue weighted by Crippen LogP contribution is 2.48. The zero-order valence-corrected chi connectivity index (χ0v) is 12.5. The normalized spacial score (nSPS) is 23.6. The molecule has 0 N–H and O–H groups in total. The lowest BCUT2D eigenvalue weighted by Gasteiger charge is -2.27. The molecule has 1 aliphatic rings. The first-order valence-electron chi connectivity index (χ1n) is 6.97. The fraction of sp³-hybridized carbons (Fsp3) is 0.500. The molecule has 1 saturated heterocycles. The average Bonchev–Trinajstić information content (AvgIpc) is 2.95. The van der Waals surface area contributed by atoms with Crippen LogP contribution >= 0.6 is 0 Å². The predicted octanol–water partition coefficient (Wildman–Crippen LogP) is 2.26. The first kappa shape index (κ1) is 15.5. The SMILES string of the molecule is CC[C@H]1O[C@@H](c2ccccc2)CC1(C(=O)OC)C(=O)OC. The van der Waals surface area contributed by atoms with E-state index in [1.165, 1.54) is 14.2 Å². The van der Waals surface area contributed by atoms with Gasteiger partial charge in [0.05, 0.1) is 26.4 Å². The number of methoxy groups -OCH3 is 2. The van der Waals surface area contributed by atoms with Crippen molar-refractivity contribution in [2.45, 2.75) is 32.0 Å². The van der Waals surface area contributed by atoms with Crippen LogP contribution in [-0.2, 0) is 23.8 Å². The van der Waals surface area contributed by atoms with E-state index in [0.29, 0.717) is 6.42 Å². The highest BCUT2D eigenvalue weighted by molar-refractivity contribution is 6.01. The molecule has 1 aromatic carbocycles. The predicted molar refractivity (Wildman–Crippen MR) is 75.4 cm³/mol. The van der Waals surface area contributed by atoms with Gasteiger partial charge in [0.2, 0.25) is 0 Å². The third-order valence-electron chi connectivity index (χ3n) is 4.03. The maximum Gasteiger partial charge on any atom is 0.326 e. The summed E-state index contributed by atoms with van der Waals surface area (Å²) < 4.78 is 15.7. The Morgan fingerprint density at radius 2 is 1.76 bits per heavy atom. The molecular weight excluding hydrogens is 272 g/mol. The molecule has 0 aromatic heterocycles. The second-order valence-electron chi connectivity index (χ2n) is 5.09. The molecule has 0 spiro atoms. The van der Waals surface area contributed by atoms with Crippen LogP contribution in [0.4, 0.5) is 0 Å². The van der Waals surface area contributed by atoms with E-state index in [0.717, 1.165) is 5.56 Å². The number of ether oxygens (including phenoxy) is 3. The Kier molecular flexibility index (Phi) is 4.63. The van der Waals surface area contributed by atoms with Gasteiger partial charge in [0.15, 0.2) is 5.41 Å². The van der Waals surface area contributed by atoms with Crippen LogP contribution in [0.1, 0.15) is 31.4 Å². The largest absolute Gasteiger partial charge is 0.468 e. The van der Waals surface area contributed by atoms with Crippen LogP contribution in [0.2, 0.25) is 0 Å². The summed E-state index contributed by atoms with van der Waals surface area (Å²) >= 11 is 0. The van der Waals surface area contributed by atoms with Crippen molar-refractivity contribution in [3.63, 3.8) is 0 Å². The topological polar surface area (TPSA) is 61.8 Å². The molecule has 0 aliphatic carbocycles. The summed E-state index contributed by atoms with van der Waals surface area (Å²) in [5.74, 6) is -1.20. The lowest BCUT2D eigenvalue weighted by atomic mass is 9.78. The molecule has 114 valence electrons. The summed E-state index contributed by atoms with van der Waals surface area (Å²) in [5, 5.41) is 0. The van der Waals surface area contributed by atoms with Gasteiger partial charge in [0.1, 0.15) is 0 Å². The van der Waals surface area contributed by atoms with Crippen molar-refractivity contribution in [1.29, 1.82) is 0 Å². The minimum absolute atomic E-state index is 0.231. The molecular formula is C16H20O5. The van der Waals surface area contributed by atoms with E-state index in [9.17, 15) is 9.59 Å². The molecule has 0 saturated carbocycles. The Bertz CT molecular complexity index is 495. The molecule has 2 atom stereocenters. The molecule has 0 amide bonds. The molecule has 5 nitrogen and oxygen atoms in total. The number of hydrogen-bond donors (Lipinski definition) is 0. The minimum atomic E-state index is -1.39. The molecule has 0 bridgehead atoms. The molecule has 0 radical (unpaired) electrons. The summed E-state index contributed by atoms with van der Waals surface area (Å²) in [5.41, 5.74) is -0.454. The number of carbonyl (C=O) groups is 2. The van der Waals surface area contributed by atoms with E-state index in [4.69, 9.17) is 14.2 Å². The molecule has 1 heterocycles. The van der Waals surface area contributed by atoms with Gasteiger partial charge in [-0.25, -0.2) is 0 Å². The van der Waals surface area contributed by atoms with E-state index in [-0.39, 0.29) is 12.5 Å². The van der Waals surface area contributed by atoms with Gasteiger partial charge >= 0.3 is 11.9 Å². The number of rotatable bonds is 4. The summed E-state index contributed by atoms with van der Waals surface area (Å²) in [6.45, 7) is 1.87. The van der Waals surface area contributed by atoms with E-state index in [1.54, 1.807) is 0 Å². The van der Waals surface area contributed by atoms with E-state index in [1.807, 2.05) is 37.3 Å². The van der Waals surface area contributed by atoms with Crippen LogP contribution in [0.5, 0.6) is 0 Å². The molecule has 2 rings (SSSR count). The maximum atomic E-state index is 12.3. The molecule has 1 aliphatic heterocycles. The lowest BCUT2D eigenvalue weighted by molar-refractivity contribution is -0.173. The number of esters is 2. The Balaban J connectivity index is 2.40. The highest BCUT2D eigenvalue weighted by Gasteiger charge is 2.60. The quantitative estimate of drug-likeness (QED) is 0.629.